The zero-order valence-electron chi connectivity index (χ0n) is 11.0. The zero-order valence-corrected chi connectivity index (χ0v) is 11.0. The molecule has 1 aliphatic rings. The summed E-state index contributed by atoms with van der Waals surface area (Å²) >= 11 is 0. The lowest BCUT2D eigenvalue weighted by Gasteiger charge is -2.36. The number of amides is 1. The van der Waals surface area contributed by atoms with Crippen molar-refractivity contribution in [2.45, 2.75) is 24.9 Å². The van der Waals surface area contributed by atoms with Gasteiger partial charge in [0.1, 0.15) is 0 Å². The number of rotatable bonds is 4. The Morgan fingerprint density at radius 3 is 2.75 bits per heavy atom. The molecule has 3 rings (SSSR count). The van der Waals surface area contributed by atoms with Crippen LogP contribution in [0.3, 0.4) is 0 Å². The van der Waals surface area contributed by atoms with Crippen molar-refractivity contribution >= 4 is 5.91 Å². The lowest BCUT2D eigenvalue weighted by molar-refractivity contribution is -0.0300. The molecule has 1 aliphatic carbocycles. The third-order valence-corrected chi connectivity index (χ3v) is 3.57. The first-order valence-electron chi connectivity index (χ1n) is 6.65. The molecule has 2 N–H and O–H groups in total. The summed E-state index contributed by atoms with van der Waals surface area (Å²) in [5, 5.41) is 20.8. The summed E-state index contributed by atoms with van der Waals surface area (Å²) in [7, 11) is 0. The number of hydrogen-bond acceptors (Lipinski definition) is 4. The minimum absolute atomic E-state index is 0.247. The van der Waals surface area contributed by atoms with Crippen molar-refractivity contribution in [3.63, 3.8) is 0 Å². The van der Waals surface area contributed by atoms with Gasteiger partial charge in [-0.05, 0) is 31.4 Å². The van der Waals surface area contributed by atoms with E-state index in [-0.39, 0.29) is 18.1 Å². The maximum atomic E-state index is 11.9. The van der Waals surface area contributed by atoms with E-state index in [2.05, 4.69) is 15.5 Å². The van der Waals surface area contributed by atoms with E-state index in [1.165, 1.54) is 11.0 Å². The Bertz CT molecular complexity index is 605. The number of nitrogens with zero attached hydrogens (tertiary/aromatic N) is 3. The van der Waals surface area contributed by atoms with E-state index in [0.29, 0.717) is 0 Å². The quantitative estimate of drug-likeness (QED) is 0.867. The SMILES string of the molecule is O=C(NCC1(O)CCC1)c1cnn(-c2ccccc2)n1. The molecule has 6 heteroatoms. The lowest BCUT2D eigenvalue weighted by atomic mass is 9.80. The second-order valence-electron chi connectivity index (χ2n) is 5.12. The number of aliphatic hydroxyl groups is 1. The Morgan fingerprint density at radius 2 is 2.10 bits per heavy atom. The predicted molar refractivity (Wildman–Crippen MR) is 72.5 cm³/mol. The maximum absolute atomic E-state index is 11.9. The van der Waals surface area contributed by atoms with Crippen LogP contribution in [0.2, 0.25) is 0 Å². The van der Waals surface area contributed by atoms with Crippen LogP contribution in [0.25, 0.3) is 5.69 Å². The van der Waals surface area contributed by atoms with Crippen molar-refractivity contribution in [2.24, 2.45) is 0 Å². The molecule has 0 bridgehead atoms. The van der Waals surface area contributed by atoms with Gasteiger partial charge in [-0.1, -0.05) is 18.2 Å². The van der Waals surface area contributed by atoms with Gasteiger partial charge in [-0.25, -0.2) is 0 Å². The van der Waals surface area contributed by atoms with Crippen LogP contribution < -0.4 is 5.32 Å². The highest BCUT2D eigenvalue weighted by Gasteiger charge is 2.34. The van der Waals surface area contributed by atoms with Crippen LogP contribution in [0.5, 0.6) is 0 Å². The van der Waals surface area contributed by atoms with Crippen LogP contribution in [-0.2, 0) is 0 Å². The highest BCUT2D eigenvalue weighted by molar-refractivity contribution is 5.91. The number of benzene rings is 1. The van der Waals surface area contributed by atoms with Crippen molar-refractivity contribution in [3.8, 4) is 5.69 Å². The Morgan fingerprint density at radius 1 is 1.35 bits per heavy atom. The molecule has 1 amide bonds. The van der Waals surface area contributed by atoms with Gasteiger partial charge in [0.2, 0.25) is 0 Å². The molecular formula is C14H16N4O2. The molecule has 1 saturated carbocycles. The fourth-order valence-electron chi connectivity index (χ4n) is 2.15. The standard InChI is InChI=1S/C14H16N4O2/c19-13(15-10-14(20)7-4-8-14)12-9-16-18(17-12)11-5-2-1-3-6-11/h1-3,5-6,9,20H,4,7-8,10H2,(H,15,19). The van der Waals surface area contributed by atoms with Crippen LogP contribution in [-0.4, -0.2) is 38.2 Å². The van der Waals surface area contributed by atoms with E-state index in [4.69, 9.17) is 0 Å². The van der Waals surface area contributed by atoms with E-state index in [1.54, 1.807) is 0 Å². The van der Waals surface area contributed by atoms with Gasteiger partial charge < -0.3 is 10.4 Å². The molecular weight excluding hydrogens is 256 g/mol. The van der Waals surface area contributed by atoms with E-state index in [9.17, 15) is 9.90 Å². The topological polar surface area (TPSA) is 80.0 Å². The van der Waals surface area contributed by atoms with Gasteiger partial charge in [-0.15, -0.1) is 5.10 Å². The van der Waals surface area contributed by atoms with Crippen LogP contribution >= 0.6 is 0 Å². The molecule has 0 unspecified atom stereocenters. The van der Waals surface area contributed by atoms with E-state index in [1.807, 2.05) is 30.3 Å². The van der Waals surface area contributed by atoms with E-state index < -0.39 is 5.60 Å². The van der Waals surface area contributed by atoms with Crippen molar-refractivity contribution < 1.29 is 9.90 Å². The second-order valence-corrected chi connectivity index (χ2v) is 5.12. The van der Waals surface area contributed by atoms with Crippen LogP contribution in [0, 0.1) is 0 Å². The molecule has 1 fully saturated rings. The summed E-state index contributed by atoms with van der Waals surface area (Å²) in [6.45, 7) is 0.268. The molecule has 0 atom stereocenters. The second kappa shape index (κ2) is 5.05. The minimum atomic E-state index is -0.731. The molecule has 1 aromatic heterocycles. The van der Waals surface area contributed by atoms with Crippen molar-refractivity contribution in [1.82, 2.24) is 20.3 Å². The highest BCUT2D eigenvalue weighted by Crippen LogP contribution is 2.30. The van der Waals surface area contributed by atoms with Gasteiger partial charge in [-0.3, -0.25) is 4.79 Å². The first-order valence-corrected chi connectivity index (χ1v) is 6.65. The van der Waals surface area contributed by atoms with Crippen molar-refractivity contribution in [1.29, 1.82) is 0 Å². The Labute approximate surface area is 116 Å². The van der Waals surface area contributed by atoms with Gasteiger partial charge in [-0.2, -0.15) is 9.90 Å². The first-order chi connectivity index (χ1) is 9.66. The summed E-state index contributed by atoms with van der Waals surface area (Å²) in [4.78, 5) is 13.3. The van der Waals surface area contributed by atoms with Gasteiger partial charge >= 0.3 is 0 Å². The molecule has 0 aliphatic heterocycles. The smallest absolute Gasteiger partial charge is 0.273 e. The van der Waals surface area contributed by atoms with Crippen LogP contribution in [0.1, 0.15) is 29.8 Å². The fraction of sp³-hybridized carbons (Fsp3) is 0.357. The van der Waals surface area contributed by atoms with Gasteiger partial charge in [0.25, 0.3) is 5.91 Å². The summed E-state index contributed by atoms with van der Waals surface area (Å²) in [6, 6.07) is 9.38. The molecule has 0 spiro atoms. The van der Waals surface area contributed by atoms with E-state index in [0.717, 1.165) is 24.9 Å². The summed E-state index contributed by atoms with van der Waals surface area (Å²) in [5.41, 5.74) is 0.311. The number of para-hydroxylation sites is 1. The number of aromatic nitrogens is 3. The predicted octanol–water partition coefficient (Wildman–Crippen LogP) is 0.912. The van der Waals surface area contributed by atoms with Crippen LogP contribution in [0.15, 0.2) is 36.5 Å². The number of carbonyl (C=O) groups excluding carboxylic acids is 1. The highest BCUT2D eigenvalue weighted by atomic mass is 16.3. The molecule has 2 aromatic rings. The molecule has 1 heterocycles. The number of nitrogens with one attached hydrogen (secondary N) is 1. The number of hydrogen-bond donors (Lipinski definition) is 2. The van der Waals surface area contributed by atoms with Crippen molar-refractivity contribution in [3.05, 3.63) is 42.2 Å². The Kier molecular flexibility index (Phi) is 3.23. The fourth-order valence-corrected chi connectivity index (χ4v) is 2.15. The zero-order chi connectivity index (χ0) is 14.0. The Hall–Kier alpha value is -2.21. The summed E-state index contributed by atoms with van der Waals surface area (Å²) in [5.74, 6) is -0.312. The number of carbonyl (C=O) groups is 1. The largest absolute Gasteiger partial charge is 0.388 e. The molecule has 1 aromatic carbocycles. The molecule has 104 valence electrons. The minimum Gasteiger partial charge on any atom is -0.388 e. The molecule has 0 saturated heterocycles. The molecule has 0 radical (unpaired) electrons. The summed E-state index contributed by atoms with van der Waals surface area (Å²) in [6.07, 6.45) is 3.91. The Balaban J connectivity index is 1.66. The maximum Gasteiger partial charge on any atom is 0.273 e. The average molecular weight is 272 g/mol. The molecule has 6 nitrogen and oxygen atoms in total. The van der Waals surface area contributed by atoms with Crippen molar-refractivity contribution in [2.75, 3.05) is 6.54 Å². The third kappa shape index (κ3) is 2.55. The van der Waals surface area contributed by atoms with Gasteiger partial charge in [0.15, 0.2) is 5.69 Å². The van der Waals surface area contributed by atoms with Gasteiger partial charge in [0, 0.05) is 6.54 Å². The van der Waals surface area contributed by atoms with E-state index >= 15 is 0 Å². The average Bonchev–Trinajstić information content (AvgIpc) is 2.93. The third-order valence-electron chi connectivity index (χ3n) is 3.57. The van der Waals surface area contributed by atoms with Gasteiger partial charge in [0.05, 0.1) is 17.5 Å². The summed E-state index contributed by atoms with van der Waals surface area (Å²) < 4.78 is 0. The lowest BCUT2D eigenvalue weighted by Crippen LogP contribution is -2.47. The normalized spacial score (nSPS) is 16.4. The monoisotopic (exact) mass is 272 g/mol. The van der Waals surface area contributed by atoms with Crippen LogP contribution in [0.4, 0.5) is 0 Å². The first kappa shape index (κ1) is 12.8. The molecule has 20 heavy (non-hydrogen) atoms.